The lowest BCUT2D eigenvalue weighted by Gasteiger charge is -2.17. The van der Waals surface area contributed by atoms with Gasteiger partial charge in [-0.1, -0.05) is 6.92 Å². The minimum atomic E-state index is 0.713. The van der Waals surface area contributed by atoms with Crippen LogP contribution in [0.4, 0.5) is 0 Å². The summed E-state index contributed by atoms with van der Waals surface area (Å²) in [6, 6.07) is 3.90. The zero-order valence-electron chi connectivity index (χ0n) is 13.7. The van der Waals surface area contributed by atoms with Crippen LogP contribution in [0.25, 0.3) is 27.3 Å². The van der Waals surface area contributed by atoms with Gasteiger partial charge in [0.1, 0.15) is 10.7 Å². The standard InChI is InChI=1S/C18H17N5S/c1-10-5-6-13-14(8-10)24-18-15(13)17-21-16(12-4-3-7-19-9-12)22-23(17)11(2)20-18/h3-4,7,9-10H,5-6,8H2,1-2H3. The molecule has 4 aromatic heterocycles. The van der Waals surface area contributed by atoms with E-state index < -0.39 is 0 Å². The highest BCUT2D eigenvalue weighted by Gasteiger charge is 2.24. The van der Waals surface area contributed by atoms with E-state index in [-0.39, 0.29) is 0 Å². The summed E-state index contributed by atoms with van der Waals surface area (Å²) in [6.07, 6.45) is 7.08. The topological polar surface area (TPSA) is 56.0 Å². The normalized spacial score (nSPS) is 17.5. The number of aryl methyl sites for hydroxylation is 2. The fraction of sp³-hybridized carbons (Fsp3) is 0.333. The first-order valence-electron chi connectivity index (χ1n) is 8.28. The van der Waals surface area contributed by atoms with E-state index in [2.05, 4.69) is 17.0 Å². The number of nitrogens with zero attached hydrogens (tertiary/aromatic N) is 5. The van der Waals surface area contributed by atoms with Gasteiger partial charge in [-0.15, -0.1) is 16.4 Å². The molecule has 0 amide bonds. The zero-order chi connectivity index (χ0) is 16.3. The zero-order valence-corrected chi connectivity index (χ0v) is 14.5. The summed E-state index contributed by atoms with van der Waals surface area (Å²) in [5.41, 5.74) is 3.31. The Labute approximate surface area is 143 Å². The summed E-state index contributed by atoms with van der Waals surface area (Å²) in [5.74, 6) is 2.35. The second-order valence-corrected chi connectivity index (χ2v) is 7.69. The lowest BCUT2D eigenvalue weighted by atomic mass is 9.89. The van der Waals surface area contributed by atoms with Crippen LogP contribution in [-0.2, 0) is 12.8 Å². The smallest absolute Gasteiger partial charge is 0.183 e. The van der Waals surface area contributed by atoms with Gasteiger partial charge in [0.05, 0.1) is 5.39 Å². The molecule has 4 aromatic rings. The molecule has 1 aliphatic carbocycles. The first-order valence-corrected chi connectivity index (χ1v) is 9.10. The summed E-state index contributed by atoms with van der Waals surface area (Å²) >= 11 is 1.83. The molecule has 1 aliphatic rings. The molecule has 0 aliphatic heterocycles. The predicted octanol–water partition coefficient (Wildman–Crippen LogP) is 3.83. The minimum Gasteiger partial charge on any atom is -0.264 e. The maximum atomic E-state index is 4.85. The van der Waals surface area contributed by atoms with E-state index in [1.54, 1.807) is 12.4 Å². The number of aromatic nitrogens is 5. The van der Waals surface area contributed by atoms with Gasteiger partial charge in [0.15, 0.2) is 11.5 Å². The van der Waals surface area contributed by atoms with Crippen molar-refractivity contribution in [1.82, 2.24) is 24.6 Å². The molecular formula is C18H17N5S. The quantitative estimate of drug-likeness (QED) is 0.530. The maximum Gasteiger partial charge on any atom is 0.183 e. The minimum absolute atomic E-state index is 0.713. The lowest BCUT2D eigenvalue weighted by Crippen LogP contribution is -2.08. The molecule has 0 N–H and O–H groups in total. The molecule has 1 atom stereocenters. The average molecular weight is 335 g/mol. The first kappa shape index (κ1) is 14.0. The van der Waals surface area contributed by atoms with Gasteiger partial charge in [0.25, 0.3) is 0 Å². The number of rotatable bonds is 1. The largest absolute Gasteiger partial charge is 0.264 e. The van der Waals surface area contributed by atoms with E-state index in [9.17, 15) is 0 Å². The molecular weight excluding hydrogens is 318 g/mol. The maximum absolute atomic E-state index is 4.85. The highest BCUT2D eigenvalue weighted by atomic mass is 32.1. The van der Waals surface area contributed by atoms with Crippen molar-refractivity contribution in [2.75, 3.05) is 0 Å². The van der Waals surface area contributed by atoms with E-state index in [4.69, 9.17) is 9.97 Å². The van der Waals surface area contributed by atoms with Crippen molar-refractivity contribution in [3.8, 4) is 11.4 Å². The highest BCUT2D eigenvalue weighted by Crippen LogP contribution is 2.39. The second-order valence-electron chi connectivity index (χ2n) is 6.60. The Hall–Kier alpha value is -2.34. The van der Waals surface area contributed by atoms with Gasteiger partial charge in [-0.05, 0) is 49.8 Å². The van der Waals surface area contributed by atoms with Crippen molar-refractivity contribution < 1.29 is 0 Å². The van der Waals surface area contributed by atoms with E-state index in [1.165, 1.54) is 22.2 Å². The number of pyridine rings is 1. The Kier molecular flexibility index (Phi) is 2.97. The third-order valence-electron chi connectivity index (χ3n) is 4.81. The molecule has 0 radical (unpaired) electrons. The molecule has 24 heavy (non-hydrogen) atoms. The van der Waals surface area contributed by atoms with Gasteiger partial charge < -0.3 is 0 Å². The number of thiophene rings is 1. The Balaban J connectivity index is 1.82. The second kappa shape index (κ2) is 5.08. The Morgan fingerprint density at radius 1 is 1.29 bits per heavy atom. The van der Waals surface area contributed by atoms with Crippen molar-refractivity contribution in [3.05, 3.63) is 40.8 Å². The van der Waals surface area contributed by atoms with Crippen molar-refractivity contribution in [2.24, 2.45) is 5.92 Å². The molecule has 0 saturated carbocycles. The fourth-order valence-corrected chi connectivity index (χ4v) is 4.98. The van der Waals surface area contributed by atoms with Gasteiger partial charge in [-0.2, -0.15) is 4.52 Å². The first-order chi connectivity index (χ1) is 11.7. The predicted molar refractivity (Wildman–Crippen MR) is 95.3 cm³/mol. The Bertz CT molecular complexity index is 1060. The number of fused-ring (bicyclic) bond motifs is 5. The number of hydrogen-bond acceptors (Lipinski definition) is 5. The highest BCUT2D eigenvalue weighted by molar-refractivity contribution is 7.19. The van der Waals surface area contributed by atoms with Crippen LogP contribution in [0.1, 0.15) is 29.6 Å². The third-order valence-corrected chi connectivity index (χ3v) is 5.96. The number of hydrogen-bond donors (Lipinski definition) is 0. The van der Waals surface area contributed by atoms with Crippen LogP contribution in [0, 0.1) is 12.8 Å². The van der Waals surface area contributed by atoms with Crippen molar-refractivity contribution in [1.29, 1.82) is 0 Å². The Morgan fingerprint density at radius 2 is 2.21 bits per heavy atom. The molecule has 1 unspecified atom stereocenters. The molecule has 5 rings (SSSR count). The molecule has 6 heteroatoms. The summed E-state index contributed by atoms with van der Waals surface area (Å²) in [6.45, 7) is 4.33. The van der Waals surface area contributed by atoms with Crippen LogP contribution in [0.5, 0.6) is 0 Å². The van der Waals surface area contributed by atoms with Crippen LogP contribution in [-0.4, -0.2) is 24.6 Å². The summed E-state index contributed by atoms with van der Waals surface area (Å²) in [4.78, 5) is 16.4. The summed E-state index contributed by atoms with van der Waals surface area (Å²) < 4.78 is 1.88. The Morgan fingerprint density at radius 3 is 3.04 bits per heavy atom. The van der Waals surface area contributed by atoms with Crippen molar-refractivity contribution in [3.63, 3.8) is 0 Å². The van der Waals surface area contributed by atoms with E-state index >= 15 is 0 Å². The molecule has 4 heterocycles. The van der Waals surface area contributed by atoms with Crippen LogP contribution < -0.4 is 0 Å². The molecule has 120 valence electrons. The third kappa shape index (κ3) is 1.99. The average Bonchev–Trinajstić information content (AvgIpc) is 3.16. The van der Waals surface area contributed by atoms with Crippen molar-refractivity contribution in [2.45, 2.75) is 33.1 Å². The molecule has 0 bridgehead atoms. The van der Waals surface area contributed by atoms with Crippen LogP contribution in [0.3, 0.4) is 0 Å². The summed E-state index contributed by atoms with van der Waals surface area (Å²) in [7, 11) is 0. The fourth-order valence-electron chi connectivity index (χ4n) is 3.56. The lowest BCUT2D eigenvalue weighted by molar-refractivity contribution is 0.509. The van der Waals surface area contributed by atoms with E-state index in [1.807, 2.05) is 34.9 Å². The van der Waals surface area contributed by atoms with Gasteiger partial charge in [0.2, 0.25) is 0 Å². The van der Waals surface area contributed by atoms with Crippen LogP contribution >= 0.6 is 11.3 Å². The molecule has 5 nitrogen and oxygen atoms in total. The van der Waals surface area contributed by atoms with E-state index in [0.717, 1.165) is 40.6 Å². The molecule has 0 spiro atoms. The molecule has 0 aromatic carbocycles. The van der Waals surface area contributed by atoms with Crippen LogP contribution in [0.15, 0.2) is 24.5 Å². The van der Waals surface area contributed by atoms with Gasteiger partial charge in [0, 0.05) is 22.8 Å². The van der Waals surface area contributed by atoms with Gasteiger partial charge in [-0.25, -0.2) is 9.97 Å². The van der Waals surface area contributed by atoms with E-state index in [0.29, 0.717) is 5.82 Å². The monoisotopic (exact) mass is 335 g/mol. The van der Waals surface area contributed by atoms with Crippen molar-refractivity contribution >= 4 is 27.2 Å². The molecule has 0 fully saturated rings. The summed E-state index contributed by atoms with van der Waals surface area (Å²) in [5, 5.41) is 5.89. The van der Waals surface area contributed by atoms with Gasteiger partial charge >= 0.3 is 0 Å². The van der Waals surface area contributed by atoms with Crippen LogP contribution in [0.2, 0.25) is 0 Å². The SMILES string of the molecule is Cc1nc2sc3c(c2c2nc(-c4cccnc4)nn12)CCC(C)C3. The molecule has 0 saturated heterocycles. The van der Waals surface area contributed by atoms with Gasteiger partial charge in [-0.3, -0.25) is 4.98 Å².